The van der Waals surface area contributed by atoms with Crippen LogP contribution >= 0.6 is 38.6 Å². The third kappa shape index (κ3) is 3.20. The molecule has 0 aliphatic rings. The van der Waals surface area contributed by atoms with Crippen LogP contribution in [0.5, 0.6) is 0 Å². The van der Waals surface area contributed by atoms with Crippen molar-refractivity contribution < 1.29 is 0 Å². The Morgan fingerprint density at radius 2 is 1.52 bits per heavy atom. The summed E-state index contributed by atoms with van der Waals surface area (Å²) in [4.78, 5) is 0. The highest BCUT2D eigenvalue weighted by molar-refractivity contribution is 9.11. The van der Waals surface area contributed by atoms with E-state index in [1.54, 1.807) is 5.56 Å². The summed E-state index contributed by atoms with van der Waals surface area (Å²) in [5.41, 5.74) is 1.58. The number of hydrogen-bond acceptors (Lipinski definition) is 2. The molecule has 112 valence electrons. The fourth-order valence-corrected chi connectivity index (χ4v) is 5.83. The summed E-state index contributed by atoms with van der Waals surface area (Å²) in [6, 6.07) is 4.56. The predicted octanol–water partition coefficient (Wildman–Crippen LogP) is 7.78. The van der Waals surface area contributed by atoms with Crippen molar-refractivity contribution in [3.05, 3.63) is 32.9 Å². The van der Waals surface area contributed by atoms with Gasteiger partial charge in [-0.05, 0) is 62.6 Å². The van der Waals surface area contributed by atoms with Gasteiger partial charge in [-0.25, -0.2) is 0 Å². The molecule has 2 heterocycles. The normalized spacial score (nSPS) is 11.7. The quantitative estimate of drug-likeness (QED) is 0.367. The van der Waals surface area contributed by atoms with E-state index in [1.807, 2.05) is 22.7 Å². The highest BCUT2D eigenvalue weighted by Gasteiger charge is 2.14. The number of rotatable bonds is 7. The molecule has 21 heavy (non-hydrogen) atoms. The van der Waals surface area contributed by atoms with Crippen molar-refractivity contribution in [2.45, 2.75) is 51.9 Å². The van der Waals surface area contributed by atoms with Gasteiger partial charge in [0, 0.05) is 19.3 Å². The molecule has 0 atom stereocenters. The van der Waals surface area contributed by atoms with Gasteiger partial charge in [-0.2, -0.15) is 0 Å². The lowest BCUT2D eigenvalue weighted by Crippen LogP contribution is -1.89. The first kappa shape index (κ1) is 15.5. The second kappa shape index (κ2) is 7.26. The van der Waals surface area contributed by atoms with Crippen molar-refractivity contribution in [1.29, 1.82) is 0 Å². The minimum Gasteiger partial charge on any atom is -0.143 e. The molecule has 0 saturated heterocycles. The zero-order valence-electron chi connectivity index (χ0n) is 12.5. The molecule has 0 aliphatic heterocycles. The van der Waals surface area contributed by atoms with Crippen LogP contribution < -0.4 is 0 Å². The molecule has 0 N–H and O–H groups in total. The van der Waals surface area contributed by atoms with Crippen molar-refractivity contribution in [3.8, 4) is 0 Å². The fourth-order valence-electron chi connectivity index (χ4n) is 3.01. The Bertz CT molecular complexity index is 672. The lowest BCUT2D eigenvalue weighted by molar-refractivity contribution is 0.609. The number of thiophene rings is 2. The van der Waals surface area contributed by atoms with E-state index < -0.39 is 0 Å². The highest BCUT2D eigenvalue weighted by atomic mass is 79.9. The molecule has 0 aliphatic carbocycles. The van der Waals surface area contributed by atoms with Gasteiger partial charge >= 0.3 is 0 Å². The Kier molecular flexibility index (Phi) is 5.36. The summed E-state index contributed by atoms with van der Waals surface area (Å²) >= 11 is 7.55. The molecule has 3 heteroatoms. The molecule has 0 unspecified atom stereocenters. The van der Waals surface area contributed by atoms with Gasteiger partial charge in [0.2, 0.25) is 0 Å². The summed E-state index contributed by atoms with van der Waals surface area (Å²) < 4.78 is 4.19. The molecule has 0 amide bonds. The maximum absolute atomic E-state index is 3.80. The van der Waals surface area contributed by atoms with Crippen LogP contribution in [-0.2, 0) is 6.42 Å². The van der Waals surface area contributed by atoms with Gasteiger partial charge in [-0.3, -0.25) is 0 Å². The van der Waals surface area contributed by atoms with E-state index in [-0.39, 0.29) is 0 Å². The average Bonchev–Trinajstić information content (AvgIpc) is 3.15. The maximum atomic E-state index is 3.80. The average molecular weight is 381 g/mol. The SMILES string of the molecule is CCCCCCCCc1c2ccsc2c(Br)c2ccsc12. The number of aryl methyl sites for hydroxylation is 1. The van der Waals surface area contributed by atoms with E-state index in [1.165, 1.54) is 69.6 Å². The Balaban J connectivity index is 1.81. The first-order valence-electron chi connectivity index (χ1n) is 7.87. The molecule has 0 bridgehead atoms. The van der Waals surface area contributed by atoms with Gasteiger partial charge in [0.05, 0.1) is 0 Å². The first-order chi connectivity index (χ1) is 10.3. The van der Waals surface area contributed by atoms with Crippen molar-refractivity contribution in [3.63, 3.8) is 0 Å². The number of fused-ring (bicyclic) bond motifs is 2. The van der Waals surface area contributed by atoms with Crippen molar-refractivity contribution in [1.82, 2.24) is 0 Å². The molecule has 2 aromatic heterocycles. The predicted molar refractivity (Wildman–Crippen MR) is 102 cm³/mol. The van der Waals surface area contributed by atoms with Crippen LogP contribution in [0.3, 0.4) is 0 Å². The third-order valence-electron chi connectivity index (χ3n) is 4.15. The van der Waals surface area contributed by atoms with Gasteiger partial charge in [-0.15, -0.1) is 22.7 Å². The van der Waals surface area contributed by atoms with Crippen LogP contribution in [0.25, 0.3) is 20.2 Å². The fraction of sp³-hybridized carbons (Fsp3) is 0.444. The first-order valence-corrected chi connectivity index (χ1v) is 10.4. The summed E-state index contributed by atoms with van der Waals surface area (Å²) in [6.07, 6.45) is 9.44. The van der Waals surface area contributed by atoms with Crippen LogP contribution in [0.15, 0.2) is 27.4 Å². The molecule has 0 fully saturated rings. The van der Waals surface area contributed by atoms with E-state index in [0.29, 0.717) is 0 Å². The topological polar surface area (TPSA) is 0 Å². The third-order valence-corrected chi connectivity index (χ3v) is 7.14. The number of halogens is 1. The van der Waals surface area contributed by atoms with Gasteiger partial charge < -0.3 is 0 Å². The standard InChI is InChI=1S/C18H21BrS2/c1-2-3-4-5-6-7-8-13-14-9-11-21-18(14)16(19)15-10-12-20-17(13)15/h9-12H,2-8H2,1H3. The molecule has 3 aromatic rings. The Morgan fingerprint density at radius 1 is 0.857 bits per heavy atom. The van der Waals surface area contributed by atoms with Gasteiger partial charge in [0.25, 0.3) is 0 Å². The summed E-state index contributed by atoms with van der Waals surface area (Å²) in [5, 5.41) is 7.32. The van der Waals surface area contributed by atoms with E-state index in [0.717, 1.165) is 0 Å². The van der Waals surface area contributed by atoms with Gasteiger partial charge in [0.15, 0.2) is 0 Å². The molecular weight excluding hydrogens is 360 g/mol. The zero-order chi connectivity index (χ0) is 14.7. The molecular formula is C18H21BrS2. The summed E-state index contributed by atoms with van der Waals surface area (Å²) in [6.45, 7) is 2.28. The molecule has 3 rings (SSSR count). The lowest BCUT2D eigenvalue weighted by atomic mass is 10.0. The second-order valence-corrected chi connectivity index (χ2v) is 8.26. The minimum absolute atomic E-state index is 1.23. The molecule has 0 saturated carbocycles. The lowest BCUT2D eigenvalue weighted by Gasteiger charge is -2.08. The van der Waals surface area contributed by atoms with Crippen molar-refractivity contribution in [2.75, 3.05) is 0 Å². The second-order valence-electron chi connectivity index (χ2n) is 5.64. The van der Waals surface area contributed by atoms with Gasteiger partial charge in [-0.1, -0.05) is 39.0 Å². The van der Waals surface area contributed by atoms with Crippen LogP contribution in [0.1, 0.15) is 51.0 Å². The molecule has 0 spiro atoms. The minimum atomic E-state index is 1.23. The van der Waals surface area contributed by atoms with E-state index >= 15 is 0 Å². The molecule has 1 aromatic carbocycles. The Labute approximate surface area is 143 Å². The number of hydrogen-bond donors (Lipinski definition) is 0. The summed E-state index contributed by atoms with van der Waals surface area (Å²) in [7, 11) is 0. The monoisotopic (exact) mass is 380 g/mol. The van der Waals surface area contributed by atoms with E-state index in [4.69, 9.17) is 0 Å². The van der Waals surface area contributed by atoms with Gasteiger partial charge in [0.1, 0.15) is 0 Å². The smallest absolute Gasteiger partial charge is 0.0494 e. The highest BCUT2D eigenvalue weighted by Crippen LogP contribution is 2.42. The molecule has 0 radical (unpaired) electrons. The zero-order valence-corrected chi connectivity index (χ0v) is 15.7. The van der Waals surface area contributed by atoms with Crippen LogP contribution in [0, 0.1) is 0 Å². The van der Waals surface area contributed by atoms with E-state index in [9.17, 15) is 0 Å². The Morgan fingerprint density at radius 3 is 2.33 bits per heavy atom. The van der Waals surface area contributed by atoms with E-state index in [2.05, 4.69) is 45.7 Å². The largest absolute Gasteiger partial charge is 0.143 e. The van der Waals surface area contributed by atoms with Crippen LogP contribution in [0.4, 0.5) is 0 Å². The maximum Gasteiger partial charge on any atom is 0.0494 e. The van der Waals surface area contributed by atoms with Crippen LogP contribution in [-0.4, -0.2) is 0 Å². The molecule has 0 nitrogen and oxygen atoms in total. The van der Waals surface area contributed by atoms with Crippen molar-refractivity contribution >= 4 is 58.8 Å². The van der Waals surface area contributed by atoms with Crippen LogP contribution in [0.2, 0.25) is 0 Å². The Hall–Kier alpha value is -0.380. The number of benzene rings is 1. The summed E-state index contributed by atoms with van der Waals surface area (Å²) in [5.74, 6) is 0. The number of unbranched alkanes of at least 4 members (excludes halogenated alkanes) is 5. The van der Waals surface area contributed by atoms with Crippen molar-refractivity contribution in [2.24, 2.45) is 0 Å².